The van der Waals surface area contributed by atoms with Gasteiger partial charge in [-0.3, -0.25) is 19.2 Å². The number of carbonyl (C=O) groups is 4. The minimum atomic E-state index is -1.34. The van der Waals surface area contributed by atoms with Crippen LogP contribution in [-0.4, -0.2) is 30.4 Å². The fraction of sp³-hybridized carbons (Fsp3) is 0.375. The van der Waals surface area contributed by atoms with Gasteiger partial charge in [0.15, 0.2) is 11.6 Å². The van der Waals surface area contributed by atoms with Gasteiger partial charge in [0.05, 0.1) is 7.11 Å². The molecule has 0 bridgehead atoms. The minimum Gasteiger partial charge on any atom is -0.468 e. The maximum absolute atomic E-state index is 12.4. The second-order valence-electron chi connectivity index (χ2n) is 5.13. The molecule has 1 aliphatic carbocycles. The molecule has 0 radical (unpaired) electrons. The minimum absolute atomic E-state index is 0.0141. The molecule has 2 rings (SSSR count). The van der Waals surface area contributed by atoms with Gasteiger partial charge in [0.1, 0.15) is 17.6 Å². The standard InChI is InChI=1S/C16H16O5/c1-9(17)13-12(18)8-11(10-6-4-3-5-7-10)14(15(13)19)16(20)21-2/h3-7,11,13-14H,8H2,1-2H3/t11-,13-,14-/m0/s1. The average molecular weight is 288 g/mol. The highest BCUT2D eigenvalue weighted by Crippen LogP contribution is 2.37. The highest BCUT2D eigenvalue weighted by Gasteiger charge is 2.49. The van der Waals surface area contributed by atoms with Gasteiger partial charge >= 0.3 is 5.97 Å². The highest BCUT2D eigenvalue weighted by atomic mass is 16.5. The Hall–Kier alpha value is -2.30. The summed E-state index contributed by atoms with van der Waals surface area (Å²) < 4.78 is 4.69. The first-order valence-corrected chi connectivity index (χ1v) is 6.67. The van der Waals surface area contributed by atoms with Crippen molar-refractivity contribution in [1.82, 2.24) is 0 Å². The molecule has 5 heteroatoms. The second kappa shape index (κ2) is 5.99. The number of benzene rings is 1. The molecule has 21 heavy (non-hydrogen) atoms. The molecule has 110 valence electrons. The van der Waals surface area contributed by atoms with Gasteiger partial charge in [-0.25, -0.2) is 0 Å². The summed E-state index contributed by atoms with van der Waals surface area (Å²) in [5.41, 5.74) is 0.719. The number of hydrogen-bond donors (Lipinski definition) is 0. The molecular formula is C16H16O5. The van der Waals surface area contributed by atoms with Crippen molar-refractivity contribution in [1.29, 1.82) is 0 Å². The van der Waals surface area contributed by atoms with Crippen LogP contribution in [0.15, 0.2) is 30.3 Å². The van der Waals surface area contributed by atoms with Crippen LogP contribution >= 0.6 is 0 Å². The molecule has 0 N–H and O–H groups in total. The topological polar surface area (TPSA) is 77.5 Å². The molecule has 1 aliphatic rings. The lowest BCUT2D eigenvalue weighted by molar-refractivity contribution is -0.155. The Morgan fingerprint density at radius 3 is 2.29 bits per heavy atom. The Bertz CT molecular complexity index is 590. The van der Waals surface area contributed by atoms with E-state index in [9.17, 15) is 19.2 Å². The number of rotatable bonds is 3. The molecule has 0 saturated heterocycles. The number of hydrogen-bond acceptors (Lipinski definition) is 5. The predicted molar refractivity (Wildman–Crippen MR) is 73.5 cm³/mol. The zero-order valence-electron chi connectivity index (χ0n) is 11.9. The summed E-state index contributed by atoms with van der Waals surface area (Å²) in [7, 11) is 1.19. The molecule has 0 aromatic heterocycles. The van der Waals surface area contributed by atoms with Gasteiger partial charge in [0.25, 0.3) is 0 Å². The molecule has 0 aliphatic heterocycles. The molecule has 5 nitrogen and oxygen atoms in total. The lowest BCUT2D eigenvalue weighted by Crippen LogP contribution is -2.46. The van der Waals surface area contributed by atoms with E-state index in [2.05, 4.69) is 0 Å². The number of methoxy groups -OCH3 is 1. The Balaban J connectivity index is 2.45. The van der Waals surface area contributed by atoms with E-state index in [-0.39, 0.29) is 6.42 Å². The van der Waals surface area contributed by atoms with Gasteiger partial charge < -0.3 is 4.74 Å². The van der Waals surface area contributed by atoms with Crippen LogP contribution in [0.3, 0.4) is 0 Å². The SMILES string of the molecule is COC(=O)[C@@H]1C(=O)[C@@H](C(C)=O)C(=O)C[C@H]1c1ccccc1. The van der Waals surface area contributed by atoms with Crippen molar-refractivity contribution in [3.05, 3.63) is 35.9 Å². The van der Waals surface area contributed by atoms with E-state index >= 15 is 0 Å². The average Bonchev–Trinajstić information content (AvgIpc) is 2.46. The number of ketones is 3. The number of carbonyl (C=O) groups excluding carboxylic acids is 4. The van der Waals surface area contributed by atoms with Gasteiger partial charge in [-0.15, -0.1) is 0 Å². The lowest BCUT2D eigenvalue weighted by atomic mass is 9.68. The number of Topliss-reactive ketones (excluding diaryl/α,β-unsaturated/α-hetero) is 3. The van der Waals surface area contributed by atoms with Crippen molar-refractivity contribution >= 4 is 23.3 Å². The first-order chi connectivity index (χ1) is 9.97. The fourth-order valence-electron chi connectivity index (χ4n) is 2.83. The van der Waals surface area contributed by atoms with Crippen LogP contribution in [0.25, 0.3) is 0 Å². The van der Waals surface area contributed by atoms with E-state index in [1.807, 2.05) is 6.07 Å². The van der Waals surface area contributed by atoms with Crippen LogP contribution in [0.5, 0.6) is 0 Å². The number of ether oxygens (including phenoxy) is 1. The van der Waals surface area contributed by atoms with Gasteiger partial charge in [-0.1, -0.05) is 30.3 Å². The van der Waals surface area contributed by atoms with Crippen molar-refractivity contribution in [2.75, 3.05) is 7.11 Å². The van der Waals surface area contributed by atoms with Crippen molar-refractivity contribution in [2.24, 2.45) is 11.8 Å². The molecular weight excluding hydrogens is 272 g/mol. The number of esters is 1. The second-order valence-corrected chi connectivity index (χ2v) is 5.13. The Kier molecular flexibility index (Phi) is 4.31. The first-order valence-electron chi connectivity index (χ1n) is 6.67. The van der Waals surface area contributed by atoms with Crippen LogP contribution in [0.4, 0.5) is 0 Å². The van der Waals surface area contributed by atoms with E-state index < -0.39 is 41.1 Å². The van der Waals surface area contributed by atoms with E-state index in [1.165, 1.54) is 14.0 Å². The molecule has 1 aromatic rings. The lowest BCUT2D eigenvalue weighted by Gasteiger charge is -2.31. The summed E-state index contributed by atoms with van der Waals surface area (Å²) in [6.07, 6.45) is -0.0141. The molecule has 0 spiro atoms. The molecule has 0 heterocycles. The van der Waals surface area contributed by atoms with Crippen LogP contribution in [0, 0.1) is 11.8 Å². The molecule has 0 amide bonds. The van der Waals surface area contributed by atoms with Crippen LogP contribution < -0.4 is 0 Å². The smallest absolute Gasteiger partial charge is 0.316 e. The Morgan fingerprint density at radius 1 is 1.14 bits per heavy atom. The van der Waals surface area contributed by atoms with Crippen molar-refractivity contribution in [3.8, 4) is 0 Å². The quantitative estimate of drug-likeness (QED) is 0.619. The van der Waals surface area contributed by atoms with Gasteiger partial charge in [0, 0.05) is 12.3 Å². The third kappa shape index (κ3) is 2.77. The summed E-state index contributed by atoms with van der Waals surface area (Å²) in [5.74, 6) is -5.33. The van der Waals surface area contributed by atoms with E-state index in [1.54, 1.807) is 24.3 Å². The third-order valence-electron chi connectivity index (χ3n) is 3.83. The van der Waals surface area contributed by atoms with Crippen molar-refractivity contribution in [2.45, 2.75) is 19.3 Å². The molecule has 1 fully saturated rings. The largest absolute Gasteiger partial charge is 0.468 e. The maximum Gasteiger partial charge on any atom is 0.316 e. The predicted octanol–water partition coefficient (Wildman–Crippen LogP) is 1.31. The third-order valence-corrected chi connectivity index (χ3v) is 3.83. The van der Waals surface area contributed by atoms with Gasteiger partial charge in [-0.05, 0) is 12.5 Å². The molecule has 1 aromatic carbocycles. The summed E-state index contributed by atoms with van der Waals surface area (Å²) in [4.78, 5) is 48.0. The first kappa shape index (κ1) is 15.1. The van der Waals surface area contributed by atoms with Crippen LogP contribution in [-0.2, 0) is 23.9 Å². The van der Waals surface area contributed by atoms with Crippen LogP contribution in [0.1, 0.15) is 24.8 Å². The Morgan fingerprint density at radius 2 is 1.76 bits per heavy atom. The van der Waals surface area contributed by atoms with E-state index in [0.717, 1.165) is 5.56 Å². The molecule has 0 unspecified atom stereocenters. The monoisotopic (exact) mass is 288 g/mol. The van der Waals surface area contributed by atoms with E-state index in [0.29, 0.717) is 0 Å². The van der Waals surface area contributed by atoms with Crippen molar-refractivity contribution < 1.29 is 23.9 Å². The summed E-state index contributed by atoms with van der Waals surface area (Å²) >= 11 is 0. The fourth-order valence-corrected chi connectivity index (χ4v) is 2.83. The normalized spacial score (nSPS) is 25.5. The molecule has 1 saturated carbocycles. The zero-order chi connectivity index (χ0) is 15.6. The van der Waals surface area contributed by atoms with Crippen molar-refractivity contribution in [3.63, 3.8) is 0 Å². The zero-order valence-corrected chi connectivity index (χ0v) is 11.9. The maximum atomic E-state index is 12.4. The Labute approximate surface area is 122 Å². The summed E-state index contributed by atoms with van der Waals surface area (Å²) in [5, 5.41) is 0. The van der Waals surface area contributed by atoms with Crippen LogP contribution in [0.2, 0.25) is 0 Å². The molecule has 3 atom stereocenters. The summed E-state index contributed by atoms with van der Waals surface area (Å²) in [6, 6.07) is 8.87. The summed E-state index contributed by atoms with van der Waals surface area (Å²) in [6.45, 7) is 1.19. The highest BCUT2D eigenvalue weighted by molar-refractivity contribution is 6.24. The van der Waals surface area contributed by atoms with E-state index in [4.69, 9.17) is 4.74 Å². The van der Waals surface area contributed by atoms with Gasteiger partial charge in [0.2, 0.25) is 0 Å². The van der Waals surface area contributed by atoms with Gasteiger partial charge in [-0.2, -0.15) is 0 Å².